The second-order valence-electron chi connectivity index (χ2n) is 8.51. The highest BCUT2D eigenvalue weighted by molar-refractivity contribution is 7.92. The number of carbonyl (C=O) groups is 1. The van der Waals surface area contributed by atoms with Crippen molar-refractivity contribution >= 4 is 15.6 Å². The maximum Gasteiger partial charge on any atom is 0.184 e. The second kappa shape index (κ2) is 7.93. The number of ether oxygens (including phenoxy) is 1. The number of pyridine rings is 1. The third-order valence-electron chi connectivity index (χ3n) is 6.92. The summed E-state index contributed by atoms with van der Waals surface area (Å²) in [5, 5.41) is 11.2. The number of aromatic nitrogens is 1. The molecule has 29 heavy (non-hydrogen) atoms. The Morgan fingerprint density at radius 2 is 2.10 bits per heavy atom. The quantitative estimate of drug-likeness (QED) is 0.727. The Balaban J connectivity index is 1.92. The van der Waals surface area contributed by atoms with Crippen molar-refractivity contribution in [2.45, 2.75) is 81.1 Å². The van der Waals surface area contributed by atoms with E-state index < -0.39 is 32.2 Å². The summed E-state index contributed by atoms with van der Waals surface area (Å²) in [5.74, 6) is -0.0362. The lowest BCUT2D eigenvalue weighted by atomic mass is 9.62. The number of methoxy groups -OCH3 is 1. The minimum atomic E-state index is -3.46. The van der Waals surface area contributed by atoms with Crippen LogP contribution >= 0.6 is 0 Å². The summed E-state index contributed by atoms with van der Waals surface area (Å²) in [4.78, 5) is 16.8. The van der Waals surface area contributed by atoms with E-state index in [0.29, 0.717) is 44.2 Å². The second-order valence-corrected chi connectivity index (χ2v) is 11.0. The molecule has 1 N–H and O–H groups in total. The van der Waals surface area contributed by atoms with Crippen LogP contribution in [-0.2, 0) is 25.8 Å². The van der Waals surface area contributed by atoms with Crippen molar-refractivity contribution in [3.63, 3.8) is 0 Å². The van der Waals surface area contributed by atoms with Crippen LogP contribution in [0.15, 0.2) is 34.9 Å². The van der Waals surface area contributed by atoms with Gasteiger partial charge in [0.2, 0.25) is 0 Å². The van der Waals surface area contributed by atoms with Crippen LogP contribution in [0.25, 0.3) is 0 Å². The number of fused-ring (bicyclic) bond motifs is 1. The first-order chi connectivity index (χ1) is 13.6. The molecular formula is C22H31NO5S. The molecule has 160 valence electrons. The largest absolute Gasteiger partial charge is 0.389 e. The molecule has 2 aliphatic carbocycles. The molecule has 3 atom stereocenters. The van der Waals surface area contributed by atoms with Gasteiger partial charge in [0.25, 0.3) is 0 Å². The summed E-state index contributed by atoms with van der Waals surface area (Å²) >= 11 is 0. The molecule has 0 amide bonds. The Labute approximate surface area is 173 Å². The Kier molecular flexibility index (Phi) is 6.05. The van der Waals surface area contributed by atoms with Crippen molar-refractivity contribution in [1.29, 1.82) is 0 Å². The monoisotopic (exact) mass is 421 g/mol. The maximum atomic E-state index is 12.7. The average molecular weight is 422 g/mol. The fourth-order valence-corrected chi connectivity index (χ4v) is 6.30. The first-order valence-corrected chi connectivity index (χ1v) is 11.8. The highest BCUT2D eigenvalue weighted by Gasteiger charge is 2.58. The van der Waals surface area contributed by atoms with Crippen LogP contribution in [0.2, 0.25) is 0 Å². The fraction of sp³-hybridized carbons (Fsp3) is 0.636. The summed E-state index contributed by atoms with van der Waals surface area (Å²) in [5.41, 5.74) is -0.0557. The molecule has 1 saturated carbocycles. The molecule has 7 heteroatoms. The summed E-state index contributed by atoms with van der Waals surface area (Å²) in [6.07, 6.45) is 5.84. The van der Waals surface area contributed by atoms with E-state index in [1.807, 2.05) is 6.92 Å². The number of aliphatic hydroxyl groups is 1. The zero-order chi connectivity index (χ0) is 21.4. The molecule has 0 aliphatic heterocycles. The molecule has 1 fully saturated rings. The van der Waals surface area contributed by atoms with Gasteiger partial charge in [-0.05, 0) is 70.6 Å². The predicted octanol–water partition coefficient (Wildman–Crippen LogP) is 3.03. The Morgan fingerprint density at radius 1 is 1.38 bits per heavy atom. The van der Waals surface area contributed by atoms with E-state index in [1.165, 1.54) is 7.11 Å². The average Bonchev–Trinajstić information content (AvgIpc) is 2.98. The van der Waals surface area contributed by atoms with Gasteiger partial charge in [0, 0.05) is 18.7 Å². The Hall–Kier alpha value is -1.57. The number of ketones is 1. The van der Waals surface area contributed by atoms with Crippen LogP contribution in [0.4, 0.5) is 0 Å². The van der Waals surface area contributed by atoms with E-state index >= 15 is 0 Å². The van der Waals surface area contributed by atoms with Crippen LogP contribution in [0.5, 0.6) is 0 Å². The van der Waals surface area contributed by atoms with Gasteiger partial charge >= 0.3 is 0 Å². The predicted molar refractivity (Wildman–Crippen MR) is 110 cm³/mol. The third-order valence-corrected chi connectivity index (χ3v) is 9.15. The smallest absolute Gasteiger partial charge is 0.184 e. The van der Waals surface area contributed by atoms with E-state index in [9.17, 15) is 18.3 Å². The molecule has 1 aromatic rings. The van der Waals surface area contributed by atoms with E-state index in [-0.39, 0.29) is 10.7 Å². The summed E-state index contributed by atoms with van der Waals surface area (Å²) in [6, 6.07) is 3.23. The molecule has 3 rings (SSSR count). The number of rotatable bonds is 7. The number of aryl methyl sites for hydroxylation is 1. The minimum Gasteiger partial charge on any atom is -0.389 e. The number of sulfone groups is 1. The Bertz CT molecular complexity index is 923. The molecule has 1 heterocycles. The lowest BCUT2D eigenvalue weighted by Crippen LogP contribution is -2.50. The normalized spacial score (nSPS) is 29.8. The standard InChI is InChI=1S/C22H31NO5S/c1-5-21-14-19(28-4)18(24)13-16(21)8-10-22(21,25)11-9-17-20(7-6-12-23-17)29(26,27)15(2)3/h6-7,12-13,15,19,25H,5,8-11,14H2,1-4H3/t19?,21-,22+/m0/s1. The third kappa shape index (κ3) is 3.57. The van der Waals surface area contributed by atoms with Crippen molar-refractivity contribution in [2.24, 2.45) is 5.41 Å². The van der Waals surface area contributed by atoms with Crippen molar-refractivity contribution in [2.75, 3.05) is 7.11 Å². The molecular weight excluding hydrogens is 390 g/mol. The zero-order valence-corrected chi connectivity index (χ0v) is 18.5. The SMILES string of the molecule is CC[C@]12CC(OC)C(=O)C=C1CC[C@@]2(O)CCc1ncccc1S(=O)(=O)C(C)C. The highest BCUT2D eigenvalue weighted by Crippen LogP contribution is 2.58. The van der Waals surface area contributed by atoms with Crippen LogP contribution in [-0.4, -0.2) is 48.4 Å². The van der Waals surface area contributed by atoms with Gasteiger partial charge in [-0.2, -0.15) is 0 Å². The lowest BCUT2D eigenvalue weighted by molar-refractivity contribution is -0.132. The van der Waals surface area contributed by atoms with Crippen molar-refractivity contribution in [3.05, 3.63) is 35.7 Å². The van der Waals surface area contributed by atoms with Crippen LogP contribution < -0.4 is 0 Å². The van der Waals surface area contributed by atoms with Gasteiger partial charge in [0.05, 0.1) is 21.4 Å². The molecule has 1 unspecified atom stereocenters. The van der Waals surface area contributed by atoms with Gasteiger partial charge < -0.3 is 9.84 Å². The summed E-state index contributed by atoms with van der Waals surface area (Å²) in [7, 11) is -1.93. The number of nitrogens with zero attached hydrogens (tertiary/aromatic N) is 1. The first kappa shape index (κ1) is 22.1. The number of carbonyl (C=O) groups excluding carboxylic acids is 1. The molecule has 2 aliphatic rings. The molecule has 0 radical (unpaired) electrons. The van der Waals surface area contributed by atoms with Crippen LogP contribution in [0.3, 0.4) is 0 Å². The molecule has 0 saturated heterocycles. The van der Waals surface area contributed by atoms with Gasteiger partial charge in [-0.1, -0.05) is 12.5 Å². The minimum absolute atomic E-state index is 0.0362. The first-order valence-electron chi connectivity index (χ1n) is 10.3. The summed E-state index contributed by atoms with van der Waals surface area (Å²) in [6.45, 7) is 5.34. The van der Waals surface area contributed by atoms with Crippen LogP contribution in [0.1, 0.15) is 58.6 Å². The molecule has 0 bridgehead atoms. The molecule has 6 nitrogen and oxygen atoms in total. The lowest BCUT2D eigenvalue weighted by Gasteiger charge is -2.46. The van der Waals surface area contributed by atoms with E-state index in [2.05, 4.69) is 4.98 Å². The maximum absolute atomic E-state index is 12.7. The van der Waals surface area contributed by atoms with Crippen LogP contribution in [0, 0.1) is 5.41 Å². The van der Waals surface area contributed by atoms with Gasteiger partial charge in [0.15, 0.2) is 15.6 Å². The van der Waals surface area contributed by atoms with Gasteiger partial charge in [-0.15, -0.1) is 0 Å². The molecule has 0 aromatic carbocycles. The van der Waals surface area contributed by atoms with Gasteiger partial charge in [-0.3, -0.25) is 9.78 Å². The molecule has 1 aromatic heterocycles. The topological polar surface area (TPSA) is 93.6 Å². The van der Waals surface area contributed by atoms with E-state index in [1.54, 1.807) is 38.3 Å². The van der Waals surface area contributed by atoms with Crippen molar-refractivity contribution in [3.8, 4) is 0 Å². The van der Waals surface area contributed by atoms with Crippen molar-refractivity contribution < 1.29 is 23.1 Å². The number of hydrogen-bond acceptors (Lipinski definition) is 6. The van der Waals surface area contributed by atoms with Crippen molar-refractivity contribution in [1.82, 2.24) is 4.98 Å². The molecule has 0 spiro atoms. The highest BCUT2D eigenvalue weighted by atomic mass is 32.2. The zero-order valence-electron chi connectivity index (χ0n) is 17.6. The van der Waals surface area contributed by atoms with E-state index in [4.69, 9.17) is 4.74 Å². The summed E-state index contributed by atoms with van der Waals surface area (Å²) < 4.78 is 30.8. The van der Waals surface area contributed by atoms with Gasteiger partial charge in [0.1, 0.15) is 6.10 Å². The van der Waals surface area contributed by atoms with E-state index in [0.717, 1.165) is 5.57 Å². The number of hydrogen-bond donors (Lipinski definition) is 1. The Morgan fingerprint density at radius 3 is 2.72 bits per heavy atom. The fourth-order valence-electron chi connectivity index (χ4n) is 5.05. The van der Waals surface area contributed by atoms with Gasteiger partial charge in [-0.25, -0.2) is 8.42 Å².